The molecule has 0 aromatic heterocycles. The Balaban J connectivity index is 2.80. The van der Waals surface area contributed by atoms with Gasteiger partial charge in [-0.1, -0.05) is 25.8 Å². The minimum atomic E-state index is -0.0302. The van der Waals surface area contributed by atoms with Gasteiger partial charge in [0.15, 0.2) is 0 Å². The molecule has 1 aromatic rings. The topological polar surface area (TPSA) is 41.1 Å². The second-order valence-corrected chi connectivity index (χ2v) is 4.74. The van der Waals surface area contributed by atoms with Crippen molar-refractivity contribution in [3.63, 3.8) is 0 Å². The molecule has 0 saturated carbocycles. The fraction of sp³-hybridized carbons (Fsp3) is 0.533. The molecular weight excluding hydrogens is 224 g/mol. The van der Waals surface area contributed by atoms with E-state index < -0.39 is 0 Å². The van der Waals surface area contributed by atoms with E-state index in [4.69, 9.17) is 0 Å². The van der Waals surface area contributed by atoms with Crippen LogP contribution in [0.2, 0.25) is 0 Å². The zero-order valence-electron chi connectivity index (χ0n) is 11.8. The Morgan fingerprint density at radius 1 is 1.39 bits per heavy atom. The summed E-state index contributed by atoms with van der Waals surface area (Å²) in [6, 6.07) is 6.25. The summed E-state index contributed by atoms with van der Waals surface area (Å²) in [6.07, 6.45) is 3.59. The summed E-state index contributed by atoms with van der Waals surface area (Å²) in [7, 11) is 1.66. The van der Waals surface area contributed by atoms with Gasteiger partial charge in [-0.05, 0) is 38.0 Å². The van der Waals surface area contributed by atoms with Gasteiger partial charge in [0.1, 0.15) is 0 Å². The van der Waals surface area contributed by atoms with Crippen LogP contribution in [0.4, 0.5) is 5.69 Å². The molecule has 18 heavy (non-hydrogen) atoms. The van der Waals surface area contributed by atoms with Crippen LogP contribution in [0.5, 0.6) is 0 Å². The van der Waals surface area contributed by atoms with E-state index in [1.54, 1.807) is 7.05 Å². The first-order chi connectivity index (χ1) is 8.60. The minimum absolute atomic E-state index is 0.0302. The molecule has 3 nitrogen and oxygen atoms in total. The lowest BCUT2D eigenvalue weighted by Gasteiger charge is -2.18. The Morgan fingerprint density at radius 2 is 2.11 bits per heavy atom. The summed E-state index contributed by atoms with van der Waals surface area (Å²) in [5.41, 5.74) is 2.81. The first kappa shape index (κ1) is 14.6. The van der Waals surface area contributed by atoms with E-state index >= 15 is 0 Å². The number of unbranched alkanes of at least 4 members (excludes halogenated alkanes) is 1. The van der Waals surface area contributed by atoms with Gasteiger partial charge in [0, 0.05) is 24.3 Å². The van der Waals surface area contributed by atoms with Gasteiger partial charge >= 0.3 is 0 Å². The molecule has 1 unspecified atom stereocenters. The molecule has 0 aliphatic rings. The molecule has 0 spiro atoms. The average molecular weight is 248 g/mol. The van der Waals surface area contributed by atoms with Crippen LogP contribution in [0.1, 0.15) is 49.0 Å². The third kappa shape index (κ3) is 3.76. The summed E-state index contributed by atoms with van der Waals surface area (Å²) >= 11 is 0. The van der Waals surface area contributed by atoms with Gasteiger partial charge in [0.25, 0.3) is 5.91 Å². The van der Waals surface area contributed by atoms with Crippen molar-refractivity contribution in [3.05, 3.63) is 29.3 Å². The number of anilines is 1. The van der Waals surface area contributed by atoms with Gasteiger partial charge in [0.05, 0.1) is 0 Å². The molecule has 100 valence electrons. The minimum Gasteiger partial charge on any atom is -0.382 e. The molecule has 1 amide bonds. The maximum Gasteiger partial charge on any atom is 0.251 e. The van der Waals surface area contributed by atoms with Crippen molar-refractivity contribution in [2.24, 2.45) is 0 Å². The molecule has 0 aliphatic carbocycles. The van der Waals surface area contributed by atoms with Gasteiger partial charge < -0.3 is 10.6 Å². The van der Waals surface area contributed by atoms with Crippen LogP contribution in [-0.2, 0) is 0 Å². The molecule has 1 rings (SSSR count). The van der Waals surface area contributed by atoms with Gasteiger partial charge in [-0.2, -0.15) is 0 Å². The summed E-state index contributed by atoms with van der Waals surface area (Å²) in [5.74, 6) is -0.0302. The molecule has 0 saturated heterocycles. The van der Waals surface area contributed by atoms with Crippen molar-refractivity contribution in [3.8, 4) is 0 Å². The van der Waals surface area contributed by atoms with Crippen LogP contribution >= 0.6 is 0 Å². The van der Waals surface area contributed by atoms with Crippen molar-refractivity contribution in [1.29, 1.82) is 0 Å². The molecule has 0 heterocycles. The fourth-order valence-electron chi connectivity index (χ4n) is 2.02. The van der Waals surface area contributed by atoms with Crippen LogP contribution < -0.4 is 10.6 Å². The number of benzene rings is 1. The van der Waals surface area contributed by atoms with Crippen LogP contribution in [0, 0.1) is 6.92 Å². The number of carbonyl (C=O) groups is 1. The highest BCUT2D eigenvalue weighted by Gasteiger charge is 2.11. The van der Waals surface area contributed by atoms with E-state index in [0.29, 0.717) is 6.04 Å². The van der Waals surface area contributed by atoms with Crippen molar-refractivity contribution >= 4 is 11.6 Å². The lowest BCUT2D eigenvalue weighted by Crippen LogP contribution is -2.21. The summed E-state index contributed by atoms with van der Waals surface area (Å²) in [5, 5.41) is 6.15. The molecule has 3 heteroatoms. The predicted molar refractivity (Wildman–Crippen MR) is 77.2 cm³/mol. The Morgan fingerprint density at radius 3 is 2.72 bits per heavy atom. The Bertz CT molecular complexity index is 401. The first-order valence-electron chi connectivity index (χ1n) is 6.68. The largest absolute Gasteiger partial charge is 0.382 e. The molecule has 1 aromatic carbocycles. The molecule has 0 radical (unpaired) electrons. The Hall–Kier alpha value is -1.51. The smallest absolute Gasteiger partial charge is 0.251 e. The molecule has 0 bridgehead atoms. The summed E-state index contributed by atoms with van der Waals surface area (Å²) < 4.78 is 0. The number of hydrogen-bond acceptors (Lipinski definition) is 2. The van der Waals surface area contributed by atoms with E-state index in [1.165, 1.54) is 12.8 Å². The maximum absolute atomic E-state index is 11.7. The number of amides is 1. The number of hydrogen-bond donors (Lipinski definition) is 2. The Labute approximate surface area is 110 Å². The second-order valence-electron chi connectivity index (χ2n) is 4.74. The van der Waals surface area contributed by atoms with Crippen LogP contribution in [-0.4, -0.2) is 19.0 Å². The third-order valence-corrected chi connectivity index (χ3v) is 3.20. The SMILES string of the molecule is CCCCC(C)Nc1cccc(C(=O)NC)c1C. The molecular formula is C15H24N2O. The first-order valence-corrected chi connectivity index (χ1v) is 6.68. The lowest BCUT2D eigenvalue weighted by atomic mass is 10.0. The predicted octanol–water partition coefficient (Wildman–Crippen LogP) is 3.35. The van der Waals surface area contributed by atoms with Gasteiger partial charge in [-0.25, -0.2) is 0 Å². The Kier molecular flexibility index (Phi) is 5.69. The third-order valence-electron chi connectivity index (χ3n) is 3.20. The number of carbonyl (C=O) groups excluding carboxylic acids is 1. The number of nitrogens with one attached hydrogen (secondary N) is 2. The molecule has 2 N–H and O–H groups in total. The highest BCUT2D eigenvalue weighted by Crippen LogP contribution is 2.20. The van der Waals surface area contributed by atoms with Crippen molar-refractivity contribution in [2.75, 3.05) is 12.4 Å². The summed E-state index contributed by atoms with van der Waals surface area (Å²) in [6.45, 7) is 6.37. The quantitative estimate of drug-likeness (QED) is 0.810. The average Bonchev–Trinajstić information content (AvgIpc) is 2.38. The summed E-state index contributed by atoms with van der Waals surface area (Å²) in [4.78, 5) is 11.7. The lowest BCUT2D eigenvalue weighted by molar-refractivity contribution is 0.0962. The van der Waals surface area contributed by atoms with Gasteiger partial charge in [0.2, 0.25) is 0 Å². The van der Waals surface area contributed by atoms with Crippen molar-refractivity contribution in [2.45, 2.75) is 46.1 Å². The van der Waals surface area contributed by atoms with Crippen molar-refractivity contribution in [1.82, 2.24) is 5.32 Å². The van der Waals surface area contributed by atoms with Crippen LogP contribution in [0.3, 0.4) is 0 Å². The van der Waals surface area contributed by atoms with Gasteiger partial charge in [-0.15, -0.1) is 0 Å². The van der Waals surface area contributed by atoms with E-state index in [-0.39, 0.29) is 5.91 Å². The molecule has 1 atom stereocenters. The zero-order chi connectivity index (χ0) is 13.5. The second kappa shape index (κ2) is 7.04. The monoisotopic (exact) mass is 248 g/mol. The van der Waals surface area contributed by atoms with E-state index in [2.05, 4.69) is 24.5 Å². The highest BCUT2D eigenvalue weighted by atomic mass is 16.1. The zero-order valence-corrected chi connectivity index (χ0v) is 11.8. The number of rotatable bonds is 6. The highest BCUT2D eigenvalue weighted by molar-refractivity contribution is 5.96. The fourth-order valence-corrected chi connectivity index (χ4v) is 2.02. The van der Waals surface area contributed by atoms with Crippen molar-refractivity contribution < 1.29 is 4.79 Å². The van der Waals surface area contributed by atoms with Gasteiger partial charge in [-0.3, -0.25) is 4.79 Å². The van der Waals surface area contributed by atoms with E-state index in [1.807, 2.05) is 25.1 Å². The standard InChI is InChI=1S/C15H24N2O/c1-5-6-8-11(2)17-14-10-7-9-13(12(14)3)15(18)16-4/h7,9-11,17H,5-6,8H2,1-4H3,(H,16,18). The van der Waals surface area contributed by atoms with E-state index in [9.17, 15) is 4.79 Å². The van der Waals surface area contributed by atoms with E-state index in [0.717, 1.165) is 23.2 Å². The maximum atomic E-state index is 11.7. The molecule has 0 fully saturated rings. The van der Waals surface area contributed by atoms with Crippen LogP contribution in [0.25, 0.3) is 0 Å². The normalized spacial score (nSPS) is 12.0. The van der Waals surface area contributed by atoms with Crippen LogP contribution in [0.15, 0.2) is 18.2 Å². The molecule has 0 aliphatic heterocycles.